The zero-order chi connectivity index (χ0) is 24.4. The molecule has 0 aliphatic heterocycles. The second kappa shape index (κ2) is 9.35. The van der Waals surface area contributed by atoms with E-state index in [9.17, 15) is 8.42 Å². The molecule has 0 fully saturated rings. The van der Waals surface area contributed by atoms with E-state index in [1.807, 2.05) is 48.5 Å². The van der Waals surface area contributed by atoms with Gasteiger partial charge in [0.2, 0.25) is 0 Å². The largest absolute Gasteiger partial charge is 0.534 e. The molecule has 0 amide bonds. The van der Waals surface area contributed by atoms with Gasteiger partial charge in [0.15, 0.2) is 0 Å². The number of nitrogens with two attached hydrogens (primary N) is 1. The third-order valence-corrected chi connectivity index (χ3v) is 11.6. The Labute approximate surface area is 202 Å². The fourth-order valence-corrected chi connectivity index (χ4v) is 9.38. The van der Waals surface area contributed by atoms with Gasteiger partial charge in [0.25, 0.3) is 10.2 Å². The van der Waals surface area contributed by atoms with Gasteiger partial charge < -0.3 is 4.43 Å². The summed E-state index contributed by atoms with van der Waals surface area (Å²) < 4.78 is 32.6. The summed E-state index contributed by atoms with van der Waals surface area (Å²) >= 11 is 0. The van der Waals surface area contributed by atoms with Crippen LogP contribution in [0.1, 0.15) is 26.3 Å². The summed E-state index contributed by atoms with van der Waals surface area (Å²) in [5.41, 5.74) is 0.833. The molecule has 0 atom stereocenters. The highest BCUT2D eigenvalue weighted by Crippen LogP contribution is 2.39. The second-order valence-electron chi connectivity index (χ2n) is 9.40. The molecule has 4 rings (SSSR count). The molecule has 0 spiro atoms. The van der Waals surface area contributed by atoms with E-state index in [-0.39, 0.29) is 11.6 Å². The molecule has 5 nitrogen and oxygen atoms in total. The van der Waals surface area contributed by atoms with E-state index in [1.54, 1.807) is 0 Å². The number of benzene rings is 4. The summed E-state index contributed by atoms with van der Waals surface area (Å²) in [6.45, 7) is 6.84. The fraction of sp³-hybridized carbons (Fsp3) is 0.185. The van der Waals surface area contributed by atoms with Crippen LogP contribution in [0.25, 0.3) is 10.8 Å². The minimum Gasteiger partial charge on any atom is -0.534 e. The first-order valence-corrected chi connectivity index (χ1v) is 14.7. The predicted molar refractivity (Wildman–Crippen MR) is 142 cm³/mol. The number of fused-ring (bicyclic) bond motifs is 1. The first-order chi connectivity index (χ1) is 16.1. The van der Waals surface area contributed by atoms with Gasteiger partial charge in [-0.1, -0.05) is 112 Å². The maximum absolute atomic E-state index is 11.5. The molecule has 0 unspecified atom stereocenters. The molecule has 0 aromatic heterocycles. The Morgan fingerprint density at radius 2 is 1.29 bits per heavy atom. The monoisotopic (exact) mass is 490 g/mol. The summed E-state index contributed by atoms with van der Waals surface area (Å²) in [6, 6.07) is 32.7. The van der Waals surface area contributed by atoms with Gasteiger partial charge >= 0.3 is 8.32 Å². The van der Waals surface area contributed by atoms with Crippen LogP contribution in [0.5, 0.6) is 5.75 Å². The van der Waals surface area contributed by atoms with Crippen LogP contribution in [0, 0.1) is 0 Å². The van der Waals surface area contributed by atoms with Gasteiger partial charge in [-0.2, -0.15) is 13.1 Å². The molecular weight excluding hydrogens is 460 g/mol. The third-order valence-electron chi connectivity index (χ3n) is 6.12. The fourth-order valence-electron chi connectivity index (χ4n) is 4.58. The maximum Gasteiger partial charge on any atom is 0.319 e. The van der Waals surface area contributed by atoms with Gasteiger partial charge in [-0.25, -0.2) is 5.14 Å². The van der Waals surface area contributed by atoms with E-state index in [0.29, 0.717) is 0 Å². The van der Waals surface area contributed by atoms with Gasteiger partial charge in [0.1, 0.15) is 5.75 Å². The highest BCUT2D eigenvalue weighted by atomic mass is 32.2. The lowest BCUT2D eigenvalue weighted by molar-refractivity contribution is 0.513. The SMILES string of the molecule is CC(C)(C)[Si](Oc1cccc2c(CNS(N)(=O)=O)cccc12)(c1ccccc1)c1ccccc1. The topological polar surface area (TPSA) is 81.4 Å². The molecule has 0 saturated carbocycles. The molecule has 0 saturated heterocycles. The van der Waals surface area contributed by atoms with E-state index in [2.05, 4.69) is 74.0 Å². The Morgan fingerprint density at radius 1 is 0.765 bits per heavy atom. The van der Waals surface area contributed by atoms with Crippen molar-refractivity contribution in [2.24, 2.45) is 5.14 Å². The number of hydrogen-bond donors (Lipinski definition) is 2. The van der Waals surface area contributed by atoms with Crippen molar-refractivity contribution in [2.45, 2.75) is 32.4 Å². The number of rotatable bonds is 7. The Kier molecular flexibility index (Phi) is 6.64. The second-order valence-corrected chi connectivity index (χ2v) is 15.0. The van der Waals surface area contributed by atoms with Gasteiger partial charge in [0.05, 0.1) is 0 Å². The Balaban J connectivity index is 1.92. The van der Waals surface area contributed by atoms with Crippen molar-refractivity contribution in [1.82, 2.24) is 4.72 Å². The van der Waals surface area contributed by atoms with E-state index in [0.717, 1.165) is 22.1 Å². The molecule has 0 heterocycles. The molecule has 0 aliphatic carbocycles. The number of nitrogens with one attached hydrogen (secondary N) is 1. The van der Waals surface area contributed by atoms with Crippen molar-refractivity contribution in [2.75, 3.05) is 0 Å². The molecule has 4 aromatic carbocycles. The van der Waals surface area contributed by atoms with E-state index in [4.69, 9.17) is 9.56 Å². The zero-order valence-corrected chi connectivity index (χ0v) is 21.5. The highest BCUT2D eigenvalue weighted by molar-refractivity contribution is 7.87. The minimum atomic E-state index is -3.80. The third kappa shape index (κ3) is 4.79. The van der Waals surface area contributed by atoms with Crippen LogP contribution in [-0.4, -0.2) is 16.7 Å². The summed E-state index contributed by atoms with van der Waals surface area (Å²) in [5.74, 6) is 0.782. The highest BCUT2D eigenvalue weighted by Gasteiger charge is 2.52. The predicted octanol–water partition coefficient (Wildman–Crippen LogP) is 4.07. The van der Waals surface area contributed by atoms with Gasteiger partial charge in [0, 0.05) is 11.9 Å². The van der Waals surface area contributed by atoms with Gasteiger partial charge in [-0.05, 0) is 32.4 Å². The molecule has 0 radical (unpaired) electrons. The number of hydrogen-bond acceptors (Lipinski definition) is 3. The average Bonchev–Trinajstić information content (AvgIpc) is 2.81. The van der Waals surface area contributed by atoms with Crippen LogP contribution in [0.4, 0.5) is 0 Å². The normalized spacial score (nSPS) is 12.6. The first-order valence-electron chi connectivity index (χ1n) is 11.2. The van der Waals surface area contributed by atoms with Crippen molar-refractivity contribution < 1.29 is 12.8 Å². The van der Waals surface area contributed by atoms with Crippen LogP contribution in [0.2, 0.25) is 5.04 Å². The Bertz CT molecular complexity index is 1350. The zero-order valence-electron chi connectivity index (χ0n) is 19.7. The van der Waals surface area contributed by atoms with Crippen LogP contribution < -0.4 is 24.7 Å². The minimum absolute atomic E-state index is 0.110. The smallest absolute Gasteiger partial charge is 0.319 e. The quantitative estimate of drug-likeness (QED) is 0.383. The van der Waals surface area contributed by atoms with Crippen LogP contribution in [0.3, 0.4) is 0 Å². The van der Waals surface area contributed by atoms with Crippen molar-refractivity contribution in [3.05, 3.63) is 103 Å². The maximum atomic E-state index is 11.5. The van der Waals surface area contributed by atoms with E-state index >= 15 is 0 Å². The van der Waals surface area contributed by atoms with Gasteiger partial charge in [-0.3, -0.25) is 0 Å². The lowest BCUT2D eigenvalue weighted by Gasteiger charge is -2.43. The Morgan fingerprint density at radius 3 is 1.82 bits per heavy atom. The van der Waals surface area contributed by atoms with Crippen LogP contribution >= 0.6 is 0 Å². The summed E-state index contributed by atoms with van der Waals surface area (Å²) in [6.07, 6.45) is 0. The summed E-state index contributed by atoms with van der Waals surface area (Å²) in [5, 5.41) is 9.23. The van der Waals surface area contributed by atoms with Gasteiger partial charge in [-0.15, -0.1) is 0 Å². The summed E-state index contributed by atoms with van der Waals surface area (Å²) in [4.78, 5) is 0. The lowest BCUT2D eigenvalue weighted by Crippen LogP contribution is -2.68. The molecule has 176 valence electrons. The molecule has 7 heteroatoms. The first kappa shape index (κ1) is 24.2. The Hall–Kier alpha value is -2.97. The van der Waals surface area contributed by atoms with E-state index in [1.165, 1.54) is 10.4 Å². The van der Waals surface area contributed by atoms with E-state index < -0.39 is 18.5 Å². The van der Waals surface area contributed by atoms with Crippen LogP contribution in [-0.2, 0) is 16.8 Å². The standard InChI is InChI=1S/C27H30N2O3SSi/c1-27(2,3)34(22-13-6-4-7-14-22,23-15-8-5-9-16-23)32-26-19-11-17-24-21(12-10-18-25(24)26)20-29-33(28,30)31/h4-19,29H,20H2,1-3H3,(H2,28,30,31). The molecule has 0 aliphatic rings. The molecule has 4 aromatic rings. The van der Waals surface area contributed by atoms with Crippen molar-refractivity contribution in [3.63, 3.8) is 0 Å². The molecule has 34 heavy (non-hydrogen) atoms. The molecular formula is C27H30N2O3SSi. The van der Waals surface area contributed by atoms with Crippen molar-refractivity contribution in [3.8, 4) is 5.75 Å². The molecule has 0 bridgehead atoms. The van der Waals surface area contributed by atoms with Crippen molar-refractivity contribution in [1.29, 1.82) is 0 Å². The molecule has 3 N–H and O–H groups in total. The van der Waals surface area contributed by atoms with Crippen LogP contribution in [0.15, 0.2) is 97.1 Å². The average molecular weight is 491 g/mol. The summed E-state index contributed by atoms with van der Waals surface area (Å²) in [7, 11) is -6.60. The lowest BCUT2D eigenvalue weighted by atomic mass is 10.0. The van der Waals surface area contributed by atoms with Crippen molar-refractivity contribution >= 4 is 39.7 Å².